The summed E-state index contributed by atoms with van der Waals surface area (Å²) in [6.45, 7) is 4.45. The van der Waals surface area contributed by atoms with Crippen LogP contribution in [0.15, 0.2) is 12.4 Å². The van der Waals surface area contributed by atoms with Crippen LogP contribution in [0.4, 0.5) is 0 Å². The van der Waals surface area contributed by atoms with E-state index in [2.05, 4.69) is 33.8 Å². The van der Waals surface area contributed by atoms with Gasteiger partial charge in [0, 0.05) is 6.20 Å². The Morgan fingerprint density at radius 2 is 2.42 bits per heavy atom. The van der Waals surface area contributed by atoms with Gasteiger partial charge in [-0.2, -0.15) is 10.4 Å². The molecule has 0 amide bonds. The van der Waals surface area contributed by atoms with Gasteiger partial charge in [-0.3, -0.25) is 4.68 Å². The van der Waals surface area contributed by atoms with E-state index in [0.29, 0.717) is 6.54 Å². The summed E-state index contributed by atoms with van der Waals surface area (Å²) in [7, 11) is 0. The van der Waals surface area contributed by atoms with Gasteiger partial charge in [0.25, 0.3) is 0 Å². The monoisotopic (exact) mass is 275 g/mol. The zero-order valence-electron chi connectivity index (χ0n) is 7.08. The first-order chi connectivity index (χ1) is 5.53. The lowest BCUT2D eigenvalue weighted by Crippen LogP contribution is -2.17. The van der Waals surface area contributed by atoms with E-state index >= 15 is 0 Å². The minimum atomic E-state index is -0.338. The van der Waals surface area contributed by atoms with Gasteiger partial charge in [-0.25, -0.2) is 0 Å². The van der Waals surface area contributed by atoms with Gasteiger partial charge in [0.2, 0.25) is 0 Å². The van der Waals surface area contributed by atoms with Crippen LogP contribution in [0.2, 0.25) is 0 Å². The zero-order valence-corrected chi connectivity index (χ0v) is 9.24. The molecule has 64 valence electrons. The van der Waals surface area contributed by atoms with Crippen LogP contribution in [0.3, 0.4) is 0 Å². The van der Waals surface area contributed by atoms with E-state index in [1.165, 1.54) is 0 Å². The van der Waals surface area contributed by atoms with Crippen molar-refractivity contribution >= 4 is 22.6 Å². The fraction of sp³-hybridized carbons (Fsp3) is 0.500. The van der Waals surface area contributed by atoms with Crippen LogP contribution in [0.1, 0.15) is 13.8 Å². The molecule has 1 aromatic heterocycles. The summed E-state index contributed by atoms with van der Waals surface area (Å²) < 4.78 is 2.90. The van der Waals surface area contributed by atoms with Crippen LogP contribution in [0.5, 0.6) is 0 Å². The zero-order chi connectivity index (χ0) is 9.19. The summed E-state index contributed by atoms with van der Waals surface area (Å²) in [6.07, 6.45) is 3.72. The molecule has 0 radical (unpaired) electrons. The maximum absolute atomic E-state index is 8.77. The number of nitriles is 1. The van der Waals surface area contributed by atoms with Gasteiger partial charge in [0.15, 0.2) is 0 Å². The third kappa shape index (κ3) is 2.48. The van der Waals surface area contributed by atoms with Crippen molar-refractivity contribution < 1.29 is 0 Å². The number of rotatable bonds is 2. The average Bonchev–Trinajstić information content (AvgIpc) is 2.35. The highest BCUT2D eigenvalue weighted by Gasteiger charge is 2.17. The standard InChI is InChI=1S/C8H10IN3/c1-8(2,5-10)6-12-4-7(9)3-11-12/h3-4H,6H2,1-2H3. The van der Waals surface area contributed by atoms with Gasteiger partial charge < -0.3 is 0 Å². The summed E-state index contributed by atoms with van der Waals surface area (Å²) in [4.78, 5) is 0. The smallest absolute Gasteiger partial charge is 0.0713 e. The molecule has 0 atom stereocenters. The van der Waals surface area contributed by atoms with Crippen LogP contribution in [-0.4, -0.2) is 9.78 Å². The number of hydrogen-bond donors (Lipinski definition) is 0. The molecule has 0 spiro atoms. The summed E-state index contributed by atoms with van der Waals surface area (Å²) in [5, 5.41) is 12.9. The fourth-order valence-electron chi connectivity index (χ4n) is 0.865. The first kappa shape index (κ1) is 9.52. The third-order valence-electron chi connectivity index (χ3n) is 1.46. The Kier molecular flexibility index (Phi) is 2.73. The van der Waals surface area contributed by atoms with Crippen molar-refractivity contribution in [3.63, 3.8) is 0 Å². The number of nitrogens with zero attached hydrogens (tertiary/aromatic N) is 3. The lowest BCUT2D eigenvalue weighted by molar-refractivity contribution is 0.384. The maximum Gasteiger partial charge on any atom is 0.0713 e. The average molecular weight is 275 g/mol. The van der Waals surface area contributed by atoms with E-state index in [-0.39, 0.29) is 5.41 Å². The van der Waals surface area contributed by atoms with Crippen molar-refractivity contribution in [2.24, 2.45) is 5.41 Å². The largest absolute Gasteiger partial charge is 0.270 e. The van der Waals surface area contributed by atoms with Gasteiger partial charge in [-0.1, -0.05) is 0 Å². The van der Waals surface area contributed by atoms with Crippen LogP contribution in [0.25, 0.3) is 0 Å². The number of halogens is 1. The highest BCUT2D eigenvalue weighted by atomic mass is 127. The van der Waals surface area contributed by atoms with Crippen molar-refractivity contribution in [3.8, 4) is 6.07 Å². The lowest BCUT2D eigenvalue weighted by Gasteiger charge is -2.14. The van der Waals surface area contributed by atoms with Crippen LogP contribution in [0, 0.1) is 20.3 Å². The van der Waals surface area contributed by atoms with Crippen LogP contribution >= 0.6 is 22.6 Å². The van der Waals surface area contributed by atoms with Gasteiger partial charge in [-0.05, 0) is 36.4 Å². The van der Waals surface area contributed by atoms with Crippen LogP contribution in [-0.2, 0) is 6.54 Å². The minimum absolute atomic E-state index is 0.338. The van der Waals surface area contributed by atoms with Gasteiger partial charge in [-0.15, -0.1) is 0 Å². The Hall–Kier alpha value is -0.570. The topological polar surface area (TPSA) is 41.6 Å². The van der Waals surface area contributed by atoms with Crippen molar-refractivity contribution in [1.82, 2.24) is 9.78 Å². The molecule has 0 aliphatic carbocycles. The number of hydrogen-bond acceptors (Lipinski definition) is 2. The Balaban J connectivity index is 2.72. The molecule has 1 aromatic rings. The molecular weight excluding hydrogens is 265 g/mol. The molecule has 4 heteroatoms. The van der Waals surface area contributed by atoms with Crippen molar-refractivity contribution in [3.05, 3.63) is 16.0 Å². The predicted molar refractivity (Wildman–Crippen MR) is 54.3 cm³/mol. The summed E-state index contributed by atoms with van der Waals surface area (Å²) in [5.41, 5.74) is -0.338. The van der Waals surface area contributed by atoms with E-state index in [1.54, 1.807) is 10.9 Å². The van der Waals surface area contributed by atoms with E-state index in [0.717, 1.165) is 3.57 Å². The third-order valence-corrected chi connectivity index (χ3v) is 2.02. The molecule has 1 rings (SSSR count). The Morgan fingerprint density at radius 3 is 2.83 bits per heavy atom. The summed E-state index contributed by atoms with van der Waals surface area (Å²) in [6, 6.07) is 2.24. The SMILES string of the molecule is CC(C)(C#N)Cn1cc(I)cn1. The molecule has 1 heterocycles. The van der Waals surface area contributed by atoms with Crippen molar-refractivity contribution in [1.29, 1.82) is 5.26 Å². The van der Waals surface area contributed by atoms with Crippen molar-refractivity contribution in [2.75, 3.05) is 0 Å². The highest BCUT2D eigenvalue weighted by Crippen LogP contribution is 2.16. The first-order valence-electron chi connectivity index (χ1n) is 3.63. The maximum atomic E-state index is 8.77. The lowest BCUT2D eigenvalue weighted by atomic mass is 9.96. The fourth-order valence-corrected chi connectivity index (χ4v) is 1.31. The first-order valence-corrected chi connectivity index (χ1v) is 4.70. The van der Waals surface area contributed by atoms with Crippen molar-refractivity contribution in [2.45, 2.75) is 20.4 Å². The Labute approximate surface area is 85.5 Å². The molecule has 0 saturated heterocycles. The van der Waals surface area contributed by atoms with Gasteiger partial charge in [0.1, 0.15) is 0 Å². The van der Waals surface area contributed by atoms with Gasteiger partial charge in [0.05, 0.1) is 27.8 Å². The predicted octanol–water partition coefficient (Wildman–Crippen LogP) is 2.04. The quantitative estimate of drug-likeness (QED) is 0.775. The molecule has 0 N–H and O–H groups in total. The molecule has 3 nitrogen and oxygen atoms in total. The van der Waals surface area contributed by atoms with Crippen LogP contribution < -0.4 is 0 Å². The summed E-state index contributed by atoms with van der Waals surface area (Å²) in [5.74, 6) is 0. The second-order valence-corrected chi connectivity index (χ2v) is 4.60. The Bertz CT molecular complexity index is 308. The Morgan fingerprint density at radius 1 is 1.75 bits per heavy atom. The molecule has 0 unspecified atom stereocenters. The second kappa shape index (κ2) is 3.44. The highest BCUT2D eigenvalue weighted by molar-refractivity contribution is 14.1. The molecule has 0 fully saturated rings. The molecule has 0 aliphatic heterocycles. The normalized spacial score (nSPS) is 11.2. The molecule has 12 heavy (non-hydrogen) atoms. The molecule has 0 aromatic carbocycles. The van der Waals surface area contributed by atoms with E-state index in [9.17, 15) is 0 Å². The molecule has 0 aliphatic rings. The van der Waals surface area contributed by atoms with E-state index in [4.69, 9.17) is 5.26 Å². The van der Waals surface area contributed by atoms with E-state index in [1.807, 2.05) is 20.0 Å². The summed E-state index contributed by atoms with van der Waals surface area (Å²) >= 11 is 2.20. The molecule has 0 bridgehead atoms. The van der Waals surface area contributed by atoms with E-state index < -0.39 is 0 Å². The minimum Gasteiger partial charge on any atom is -0.270 e. The molecular formula is C8H10IN3. The van der Waals surface area contributed by atoms with Gasteiger partial charge >= 0.3 is 0 Å². The second-order valence-electron chi connectivity index (χ2n) is 3.35. The molecule has 0 saturated carbocycles. The number of aromatic nitrogens is 2.